The molecule has 1 heterocycles. The monoisotopic (exact) mass is 225 g/mol. The van der Waals surface area contributed by atoms with Gasteiger partial charge in [0.15, 0.2) is 0 Å². The number of aromatic nitrogens is 1. The fourth-order valence-electron chi connectivity index (χ4n) is 1.23. The molecule has 5 heteroatoms. The van der Waals surface area contributed by atoms with Gasteiger partial charge in [-0.25, -0.2) is 4.79 Å². The highest BCUT2D eigenvalue weighted by molar-refractivity contribution is 5.88. The minimum Gasteiger partial charge on any atom is -0.462 e. The van der Waals surface area contributed by atoms with E-state index in [4.69, 9.17) is 9.47 Å². The maximum absolute atomic E-state index is 11.4. The molecule has 0 saturated heterocycles. The Hall–Kier alpha value is -1.62. The minimum atomic E-state index is -0.423. The van der Waals surface area contributed by atoms with E-state index in [-0.39, 0.29) is 5.56 Å². The highest BCUT2D eigenvalue weighted by atomic mass is 16.5. The molecule has 0 N–H and O–H groups in total. The second kappa shape index (κ2) is 6.07. The Morgan fingerprint density at radius 3 is 2.81 bits per heavy atom. The van der Waals surface area contributed by atoms with Gasteiger partial charge in [-0.3, -0.25) is 4.79 Å². The Labute approximate surface area is 93.6 Å². The van der Waals surface area contributed by atoms with Crippen LogP contribution in [0.1, 0.15) is 17.3 Å². The van der Waals surface area contributed by atoms with E-state index in [1.807, 2.05) is 0 Å². The van der Waals surface area contributed by atoms with Crippen LogP contribution in [0, 0.1) is 0 Å². The molecule has 0 radical (unpaired) electrons. The summed E-state index contributed by atoms with van der Waals surface area (Å²) in [6, 6.07) is 2.81. The van der Waals surface area contributed by atoms with Crippen molar-refractivity contribution >= 4 is 5.97 Å². The van der Waals surface area contributed by atoms with Crippen molar-refractivity contribution in [2.24, 2.45) is 0 Å². The number of hydrogen-bond acceptors (Lipinski definition) is 4. The van der Waals surface area contributed by atoms with Gasteiger partial charge in [-0.15, -0.1) is 0 Å². The number of rotatable bonds is 5. The van der Waals surface area contributed by atoms with Crippen LogP contribution in [0.2, 0.25) is 0 Å². The Bertz CT molecular complexity index is 411. The second-order valence-electron chi connectivity index (χ2n) is 3.16. The van der Waals surface area contributed by atoms with Gasteiger partial charge in [-0.05, 0) is 13.0 Å². The molecule has 0 saturated carbocycles. The number of carbonyl (C=O) groups is 1. The zero-order chi connectivity index (χ0) is 12.0. The van der Waals surface area contributed by atoms with Crippen molar-refractivity contribution in [3.63, 3.8) is 0 Å². The molecule has 0 fully saturated rings. The quantitative estimate of drug-likeness (QED) is 0.691. The molecule has 88 valence electrons. The summed E-state index contributed by atoms with van der Waals surface area (Å²) in [4.78, 5) is 22.8. The van der Waals surface area contributed by atoms with E-state index in [9.17, 15) is 9.59 Å². The molecule has 5 nitrogen and oxygen atoms in total. The smallest absolute Gasteiger partial charge is 0.339 e. The molecule has 16 heavy (non-hydrogen) atoms. The summed E-state index contributed by atoms with van der Waals surface area (Å²) < 4.78 is 11.1. The molecular weight excluding hydrogens is 210 g/mol. The van der Waals surface area contributed by atoms with Gasteiger partial charge < -0.3 is 14.0 Å². The number of hydrogen-bond donors (Lipinski definition) is 0. The SMILES string of the molecule is CCOC(=O)c1ccc(=O)n(CCOC)c1. The van der Waals surface area contributed by atoms with Crippen LogP contribution in [0.15, 0.2) is 23.1 Å². The number of ether oxygens (including phenoxy) is 2. The van der Waals surface area contributed by atoms with Crippen molar-refractivity contribution in [3.05, 3.63) is 34.2 Å². The molecule has 0 spiro atoms. The van der Waals surface area contributed by atoms with E-state index in [1.54, 1.807) is 14.0 Å². The fourth-order valence-corrected chi connectivity index (χ4v) is 1.23. The van der Waals surface area contributed by atoms with Crippen molar-refractivity contribution in [3.8, 4) is 0 Å². The molecule has 1 aromatic rings. The van der Waals surface area contributed by atoms with Crippen molar-refractivity contribution in [2.45, 2.75) is 13.5 Å². The Morgan fingerprint density at radius 1 is 1.44 bits per heavy atom. The third-order valence-electron chi connectivity index (χ3n) is 2.03. The number of esters is 1. The lowest BCUT2D eigenvalue weighted by atomic mass is 10.3. The van der Waals surface area contributed by atoms with Gasteiger partial charge >= 0.3 is 5.97 Å². The summed E-state index contributed by atoms with van der Waals surface area (Å²) in [5.74, 6) is -0.423. The predicted octanol–water partition coefficient (Wildman–Crippen LogP) is 0.671. The normalized spacial score (nSPS) is 10.1. The van der Waals surface area contributed by atoms with E-state index in [2.05, 4.69) is 0 Å². The molecule has 0 atom stereocenters. The number of nitrogens with zero attached hydrogens (tertiary/aromatic N) is 1. The first-order valence-electron chi connectivity index (χ1n) is 5.05. The van der Waals surface area contributed by atoms with E-state index in [1.165, 1.54) is 22.9 Å². The highest BCUT2D eigenvalue weighted by Crippen LogP contribution is 1.99. The number of methoxy groups -OCH3 is 1. The lowest BCUT2D eigenvalue weighted by molar-refractivity contribution is 0.0525. The summed E-state index contributed by atoms with van der Waals surface area (Å²) in [6.07, 6.45) is 1.49. The average Bonchev–Trinajstić information content (AvgIpc) is 2.28. The molecule has 0 amide bonds. The molecular formula is C11H15NO4. The zero-order valence-corrected chi connectivity index (χ0v) is 9.43. The molecule has 0 aliphatic rings. The van der Waals surface area contributed by atoms with Gasteiger partial charge in [-0.1, -0.05) is 0 Å². The molecule has 0 aliphatic heterocycles. The Kier molecular flexibility index (Phi) is 4.72. The molecule has 1 rings (SSSR count). The first-order chi connectivity index (χ1) is 7.69. The van der Waals surface area contributed by atoms with Gasteiger partial charge in [0, 0.05) is 25.9 Å². The van der Waals surface area contributed by atoms with Crippen LogP contribution in [-0.2, 0) is 16.0 Å². The van der Waals surface area contributed by atoms with Crippen LogP contribution >= 0.6 is 0 Å². The summed E-state index contributed by atoms with van der Waals surface area (Å²) in [6.45, 7) is 2.89. The minimum absolute atomic E-state index is 0.162. The zero-order valence-electron chi connectivity index (χ0n) is 9.43. The Balaban J connectivity index is 2.88. The van der Waals surface area contributed by atoms with Gasteiger partial charge in [-0.2, -0.15) is 0 Å². The summed E-state index contributed by atoms with van der Waals surface area (Å²) >= 11 is 0. The topological polar surface area (TPSA) is 57.5 Å². The fraction of sp³-hybridized carbons (Fsp3) is 0.455. The van der Waals surface area contributed by atoms with Gasteiger partial charge in [0.05, 0.1) is 18.8 Å². The van der Waals surface area contributed by atoms with Crippen molar-refractivity contribution in [1.29, 1.82) is 0 Å². The van der Waals surface area contributed by atoms with Crippen LogP contribution in [0.3, 0.4) is 0 Å². The Morgan fingerprint density at radius 2 is 2.19 bits per heavy atom. The second-order valence-corrected chi connectivity index (χ2v) is 3.16. The van der Waals surface area contributed by atoms with E-state index >= 15 is 0 Å². The summed E-state index contributed by atoms with van der Waals surface area (Å²) in [7, 11) is 1.56. The van der Waals surface area contributed by atoms with Gasteiger partial charge in [0.25, 0.3) is 5.56 Å². The van der Waals surface area contributed by atoms with Crippen LogP contribution < -0.4 is 5.56 Å². The molecule has 1 aromatic heterocycles. The van der Waals surface area contributed by atoms with Gasteiger partial charge in [0.2, 0.25) is 0 Å². The van der Waals surface area contributed by atoms with Crippen molar-refractivity contribution < 1.29 is 14.3 Å². The van der Waals surface area contributed by atoms with Crippen molar-refractivity contribution in [2.75, 3.05) is 20.3 Å². The first kappa shape index (κ1) is 12.4. The van der Waals surface area contributed by atoms with E-state index in [0.29, 0.717) is 25.3 Å². The average molecular weight is 225 g/mol. The summed E-state index contributed by atoms with van der Waals surface area (Å²) in [5.41, 5.74) is 0.211. The van der Waals surface area contributed by atoms with Crippen molar-refractivity contribution in [1.82, 2.24) is 4.57 Å². The highest BCUT2D eigenvalue weighted by Gasteiger charge is 2.07. The molecule has 0 aromatic carbocycles. The third kappa shape index (κ3) is 3.20. The maximum Gasteiger partial charge on any atom is 0.339 e. The van der Waals surface area contributed by atoms with Crippen LogP contribution in [-0.4, -0.2) is 30.9 Å². The van der Waals surface area contributed by atoms with Crippen LogP contribution in [0.25, 0.3) is 0 Å². The van der Waals surface area contributed by atoms with Crippen LogP contribution in [0.5, 0.6) is 0 Å². The third-order valence-corrected chi connectivity index (χ3v) is 2.03. The van der Waals surface area contributed by atoms with Gasteiger partial charge in [0.1, 0.15) is 0 Å². The molecule has 0 bridgehead atoms. The summed E-state index contributed by atoms with van der Waals surface area (Å²) in [5, 5.41) is 0. The molecule has 0 unspecified atom stereocenters. The molecule has 0 aliphatic carbocycles. The number of pyridine rings is 1. The largest absolute Gasteiger partial charge is 0.462 e. The van der Waals surface area contributed by atoms with Crippen LogP contribution in [0.4, 0.5) is 0 Å². The lowest BCUT2D eigenvalue weighted by Gasteiger charge is -2.07. The first-order valence-corrected chi connectivity index (χ1v) is 5.05. The van der Waals surface area contributed by atoms with E-state index in [0.717, 1.165) is 0 Å². The number of carbonyl (C=O) groups excluding carboxylic acids is 1. The van der Waals surface area contributed by atoms with E-state index < -0.39 is 5.97 Å². The predicted molar refractivity (Wildman–Crippen MR) is 58.5 cm³/mol. The standard InChI is InChI=1S/C11H15NO4/c1-3-16-11(14)9-4-5-10(13)12(8-9)6-7-15-2/h4-5,8H,3,6-7H2,1-2H3. The lowest BCUT2D eigenvalue weighted by Crippen LogP contribution is -2.22. The maximum atomic E-state index is 11.4.